The maximum atomic E-state index is 14.1. The van der Waals surface area contributed by atoms with Crippen molar-refractivity contribution in [2.45, 2.75) is 56.6 Å². The molecule has 0 saturated carbocycles. The van der Waals surface area contributed by atoms with E-state index in [1.54, 1.807) is 6.07 Å². The molecule has 5 heteroatoms. The Kier molecular flexibility index (Phi) is 4.49. The summed E-state index contributed by atoms with van der Waals surface area (Å²) in [6.07, 6.45) is 4.17. The first kappa shape index (κ1) is 15.4. The Bertz CT molecular complexity index is 531. The first-order chi connectivity index (χ1) is 9.33. The number of aromatic hydroxyl groups is 1. The molecule has 112 valence electrons. The van der Waals surface area contributed by atoms with Crippen molar-refractivity contribution in [3.63, 3.8) is 0 Å². The molecule has 0 fully saturated rings. The maximum Gasteiger partial charge on any atom is 0.168 e. The van der Waals surface area contributed by atoms with Crippen LogP contribution in [0.25, 0.3) is 0 Å². The molecular formula is C15H22FNO2S. The zero-order valence-corrected chi connectivity index (χ0v) is 12.8. The normalized spacial score (nSPS) is 21.1. The molecule has 1 aromatic rings. The van der Waals surface area contributed by atoms with Gasteiger partial charge in [-0.25, -0.2) is 8.60 Å². The highest BCUT2D eigenvalue weighted by molar-refractivity contribution is 7.84. The first-order valence-corrected chi connectivity index (χ1v) is 8.21. The second kappa shape index (κ2) is 5.82. The van der Waals surface area contributed by atoms with Gasteiger partial charge >= 0.3 is 0 Å². The highest BCUT2D eigenvalue weighted by Crippen LogP contribution is 2.39. The average Bonchev–Trinajstić information content (AvgIpc) is 2.56. The molecular weight excluding hydrogens is 277 g/mol. The molecule has 0 aromatic heterocycles. The number of phenolic OH excluding ortho intramolecular Hbond substituents is 1. The summed E-state index contributed by atoms with van der Waals surface area (Å²) < 4.78 is 25.2. The van der Waals surface area contributed by atoms with Crippen LogP contribution >= 0.6 is 0 Å². The highest BCUT2D eigenvalue weighted by atomic mass is 32.2. The van der Waals surface area contributed by atoms with Gasteiger partial charge in [0.15, 0.2) is 11.6 Å². The molecule has 1 aromatic carbocycles. The number of fused-ring (bicyclic) bond motifs is 1. The lowest BCUT2D eigenvalue weighted by Crippen LogP contribution is -2.33. The standard InChI is InChI=1S/C15H22FNO2S/c1-15(2,20(17)19)9-10-5-3-4-6-12-11(10)7-8-13(18)14(12)16/h7-8,10,18H,3-6,9,17H2,1-2H3/t10-,20?/m1/s1. The summed E-state index contributed by atoms with van der Waals surface area (Å²) >= 11 is 0. The van der Waals surface area contributed by atoms with Gasteiger partial charge < -0.3 is 5.11 Å². The van der Waals surface area contributed by atoms with E-state index in [-0.39, 0.29) is 11.7 Å². The molecule has 1 aliphatic rings. The molecule has 2 atom stereocenters. The van der Waals surface area contributed by atoms with E-state index in [1.165, 1.54) is 6.07 Å². The van der Waals surface area contributed by atoms with Crippen LogP contribution in [0.5, 0.6) is 5.75 Å². The van der Waals surface area contributed by atoms with Crippen LogP contribution in [-0.4, -0.2) is 14.1 Å². The Morgan fingerprint density at radius 1 is 1.45 bits per heavy atom. The van der Waals surface area contributed by atoms with Gasteiger partial charge in [0.25, 0.3) is 0 Å². The summed E-state index contributed by atoms with van der Waals surface area (Å²) in [5.41, 5.74) is 1.56. The lowest BCUT2D eigenvalue weighted by Gasteiger charge is -2.28. The third-order valence-electron chi connectivity index (χ3n) is 4.21. The zero-order chi connectivity index (χ0) is 14.9. The van der Waals surface area contributed by atoms with Crippen LogP contribution in [0.15, 0.2) is 12.1 Å². The summed E-state index contributed by atoms with van der Waals surface area (Å²) in [7, 11) is -1.41. The predicted molar refractivity (Wildman–Crippen MR) is 79.4 cm³/mol. The molecule has 0 saturated heterocycles. The SMILES string of the molecule is CC(C)(C[C@H]1CCCCc2c1ccc(O)c2F)S(N)=O. The Balaban J connectivity index is 2.38. The van der Waals surface area contributed by atoms with E-state index in [1.807, 2.05) is 13.8 Å². The van der Waals surface area contributed by atoms with Gasteiger partial charge in [0.05, 0.1) is 15.7 Å². The third kappa shape index (κ3) is 3.04. The molecule has 3 nitrogen and oxygen atoms in total. The minimum Gasteiger partial charge on any atom is -0.505 e. The Morgan fingerprint density at radius 3 is 2.80 bits per heavy atom. The molecule has 0 heterocycles. The molecule has 3 N–H and O–H groups in total. The molecule has 2 rings (SSSR count). The van der Waals surface area contributed by atoms with Crippen LogP contribution in [-0.2, 0) is 17.4 Å². The van der Waals surface area contributed by atoms with E-state index in [9.17, 15) is 13.7 Å². The van der Waals surface area contributed by atoms with Crippen LogP contribution in [0, 0.1) is 5.82 Å². The molecule has 0 radical (unpaired) electrons. The number of hydrogen-bond acceptors (Lipinski definition) is 2. The Labute approximate surface area is 122 Å². The van der Waals surface area contributed by atoms with Crippen LogP contribution < -0.4 is 5.14 Å². The summed E-state index contributed by atoms with van der Waals surface area (Å²) in [5, 5.41) is 15.1. The van der Waals surface area contributed by atoms with Gasteiger partial charge in [-0.3, -0.25) is 5.14 Å². The second-order valence-electron chi connectivity index (χ2n) is 6.17. The minimum absolute atomic E-state index is 0.144. The van der Waals surface area contributed by atoms with Crippen molar-refractivity contribution in [1.29, 1.82) is 0 Å². The van der Waals surface area contributed by atoms with Crippen LogP contribution in [0.2, 0.25) is 0 Å². The molecule has 0 amide bonds. The third-order valence-corrected chi connectivity index (χ3v) is 5.47. The van der Waals surface area contributed by atoms with Crippen molar-refractivity contribution >= 4 is 11.0 Å². The van der Waals surface area contributed by atoms with Crippen LogP contribution in [0.4, 0.5) is 4.39 Å². The lowest BCUT2D eigenvalue weighted by atomic mass is 9.85. The summed E-state index contributed by atoms with van der Waals surface area (Å²) in [5.74, 6) is -0.641. The van der Waals surface area contributed by atoms with Gasteiger partial charge in [0, 0.05) is 0 Å². The topological polar surface area (TPSA) is 63.3 Å². The smallest absolute Gasteiger partial charge is 0.168 e. The first-order valence-electron chi connectivity index (χ1n) is 6.99. The number of hydrogen-bond donors (Lipinski definition) is 2. The van der Waals surface area contributed by atoms with Crippen molar-refractivity contribution in [1.82, 2.24) is 0 Å². The molecule has 20 heavy (non-hydrogen) atoms. The quantitative estimate of drug-likeness (QED) is 0.842. The van der Waals surface area contributed by atoms with Crippen molar-refractivity contribution in [2.75, 3.05) is 0 Å². The van der Waals surface area contributed by atoms with Gasteiger partial charge in [-0.05, 0) is 62.6 Å². The van der Waals surface area contributed by atoms with Gasteiger partial charge in [0.2, 0.25) is 0 Å². The number of phenols is 1. The van der Waals surface area contributed by atoms with Crippen LogP contribution in [0.1, 0.15) is 56.6 Å². The van der Waals surface area contributed by atoms with Gasteiger partial charge in [-0.2, -0.15) is 0 Å². The number of benzene rings is 1. The highest BCUT2D eigenvalue weighted by Gasteiger charge is 2.31. The van der Waals surface area contributed by atoms with E-state index in [0.29, 0.717) is 18.4 Å². The maximum absolute atomic E-state index is 14.1. The fourth-order valence-corrected chi connectivity index (χ4v) is 3.36. The van der Waals surface area contributed by atoms with Crippen molar-refractivity contribution in [2.24, 2.45) is 5.14 Å². The number of halogens is 1. The summed E-state index contributed by atoms with van der Waals surface area (Å²) in [6, 6.07) is 3.22. The Morgan fingerprint density at radius 2 is 2.15 bits per heavy atom. The van der Waals surface area contributed by atoms with Gasteiger partial charge in [0.1, 0.15) is 0 Å². The summed E-state index contributed by atoms with van der Waals surface area (Å²) in [6.45, 7) is 3.76. The zero-order valence-electron chi connectivity index (χ0n) is 12.0. The monoisotopic (exact) mass is 299 g/mol. The van der Waals surface area contributed by atoms with E-state index >= 15 is 0 Å². The van der Waals surface area contributed by atoms with E-state index in [2.05, 4.69) is 0 Å². The molecule has 0 aliphatic heterocycles. The molecule has 0 spiro atoms. The van der Waals surface area contributed by atoms with E-state index < -0.39 is 21.5 Å². The van der Waals surface area contributed by atoms with Crippen molar-refractivity contribution in [3.8, 4) is 5.75 Å². The second-order valence-corrected chi connectivity index (χ2v) is 7.87. The number of nitrogens with two attached hydrogens (primary N) is 1. The fraction of sp³-hybridized carbons (Fsp3) is 0.600. The minimum atomic E-state index is -1.41. The lowest BCUT2D eigenvalue weighted by molar-refractivity contribution is 0.426. The predicted octanol–water partition coefficient (Wildman–Crippen LogP) is 3.13. The van der Waals surface area contributed by atoms with Crippen molar-refractivity contribution in [3.05, 3.63) is 29.1 Å². The summed E-state index contributed by atoms with van der Waals surface area (Å²) in [4.78, 5) is 0. The largest absolute Gasteiger partial charge is 0.505 e. The number of rotatable bonds is 3. The fourth-order valence-electron chi connectivity index (χ4n) is 3.00. The van der Waals surface area contributed by atoms with E-state index in [0.717, 1.165) is 24.8 Å². The van der Waals surface area contributed by atoms with Crippen molar-refractivity contribution < 1.29 is 13.7 Å². The van der Waals surface area contributed by atoms with Crippen LogP contribution in [0.3, 0.4) is 0 Å². The van der Waals surface area contributed by atoms with Gasteiger partial charge in [-0.1, -0.05) is 12.5 Å². The van der Waals surface area contributed by atoms with E-state index in [4.69, 9.17) is 5.14 Å². The average molecular weight is 299 g/mol. The molecule has 1 unspecified atom stereocenters. The Hall–Kier alpha value is -0.940. The van der Waals surface area contributed by atoms with Gasteiger partial charge in [-0.15, -0.1) is 0 Å². The molecule has 1 aliphatic carbocycles. The molecule has 0 bridgehead atoms.